The average molecular weight is 684 g/mol. The fraction of sp³-hybridized carbons (Fsp3) is 0. The van der Waals surface area contributed by atoms with Gasteiger partial charge in [0, 0.05) is 64.2 Å². The number of rotatable bonds is 5. The van der Waals surface area contributed by atoms with Crippen LogP contribution < -0.4 is 4.90 Å². The highest BCUT2D eigenvalue weighted by Crippen LogP contribution is 2.46. The van der Waals surface area contributed by atoms with Crippen LogP contribution in [0.1, 0.15) is 0 Å². The van der Waals surface area contributed by atoms with E-state index in [1.165, 1.54) is 20.2 Å². The predicted molar refractivity (Wildman–Crippen MR) is 219 cm³/mol. The summed E-state index contributed by atoms with van der Waals surface area (Å²) in [5, 5.41) is 7.01. The number of furan rings is 2. The van der Waals surface area contributed by atoms with Crippen LogP contribution in [0.4, 0.5) is 17.1 Å². The standard InChI is InChI=1S/C48H29NO2S/c1-2-11-30(12-3-1)34-15-9-18-40-41-19-10-20-42(48(41)51-47(34)40)49(33-27-28-38-37-14-5-7-22-44(37)52-45(38)29-33)32-25-23-31(24-26-32)35-16-8-17-39-36-13-4-6-21-43(36)50-46(35)39/h1-29H. The van der Waals surface area contributed by atoms with Crippen LogP contribution in [0, 0.1) is 0 Å². The minimum Gasteiger partial charge on any atom is -0.455 e. The summed E-state index contributed by atoms with van der Waals surface area (Å²) in [6, 6.07) is 62.4. The molecule has 11 rings (SSSR count). The van der Waals surface area contributed by atoms with E-state index in [-0.39, 0.29) is 0 Å². The van der Waals surface area contributed by atoms with Crippen molar-refractivity contribution in [1.82, 2.24) is 0 Å². The van der Waals surface area contributed by atoms with E-state index in [2.05, 4.69) is 163 Å². The predicted octanol–water partition coefficient (Wildman–Crippen LogP) is 14.7. The van der Waals surface area contributed by atoms with Gasteiger partial charge in [-0.2, -0.15) is 0 Å². The van der Waals surface area contributed by atoms with E-state index < -0.39 is 0 Å². The van der Waals surface area contributed by atoms with Crippen LogP contribution >= 0.6 is 11.3 Å². The number of benzene rings is 8. The van der Waals surface area contributed by atoms with E-state index in [9.17, 15) is 0 Å². The van der Waals surface area contributed by atoms with Gasteiger partial charge >= 0.3 is 0 Å². The fourth-order valence-electron chi connectivity index (χ4n) is 7.87. The Hall–Kier alpha value is -6.62. The monoisotopic (exact) mass is 683 g/mol. The molecular formula is C48H29NO2S. The Kier molecular flexibility index (Phi) is 6.42. The lowest BCUT2D eigenvalue weighted by molar-refractivity contribution is 0.670. The van der Waals surface area contributed by atoms with Crippen LogP contribution in [0.15, 0.2) is 185 Å². The van der Waals surface area contributed by atoms with Gasteiger partial charge in [-0.1, -0.05) is 133 Å². The lowest BCUT2D eigenvalue weighted by Crippen LogP contribution is -2.10. The zero-order valence-electron chi connectivity index (χ0n) is 27.9. The largest absolute Gasteiger partial charge is 0.455 e. The number of hydrogen-bond acceptors (Lipinski definition) is 4. The van der Waals surface area contributed by atoms with Crippen molar-refractivity contribution in [2.24, 2.45) is 0 Å². The van der Waals surface area contributed by atoms with Gasteiger partial charge < -0.3 is 13.7 Å². The molecule has 0 saturated carbocycles. The molecule has 244 valence electrons. The molecule has 3 nitrogen and oxygen atoms in total. The molecule has 3 heterocycles. The van der Waals surface area contributed by atoms with Gasteiger partial charge in [-0.25, -0.2) is 0 Å². The van der Waals surface area contributed by atoms with Crippen molar-refractivity contribution in [2.75, 3.05) is 4.90 Å². The second kappa shape index (κ2) is 11.5. The van der Waals surface area contributed by atoms with Crippen molar-refractivity contribution in [3.63, 3.8) is 0 Å². The summed E-state index contributed by atoms with van der Waals surface area (Å²) in [7, 11) is 0. The second-order valence-electron chi connectivity index (χ2n) is 13.2. The Bertz CT molecular complexity index is 3130. The minimum atomic E-state index is 0.855. The van der Waals surface area contributed by atoms with Gasteiger partial charge in [0.05, 0.1) is 5.69 Å². The first-order chi connectivity index (χ1) is 25.8. The Morgan fingerprint density at radius 1 is 0.365 bits per heavy atom. The van der Waals surface area contributed by atoms with Crippen molar-refractivity contribution < 1.29 is 8.83 Å². The molecule has 0 aliphatic heterocycles. The third kappa shape index (κ3) is 4.45. The summed E-state index contributed by atoms with van der Waals surface area (Å²) in [6.07, 6.45) is 0. The quantitative estimate of drug-likeness (QED) is 0.181. The third-order valence-electron chi connectivity index (χ3n) is 10.3. The molecule has 8 aromatic carbocycles. The maximum Gasteiger partial charge on any atom is 0.159 e. The number of fused-ring (bicyclic) bond motifs is 9. The van der Waals surface area contributed by atoms with Crippen molar-refractivity contribution in [2.45, 2.75) is 0 Å². The SMILES string of the molecule is c1ccc(-c2cccc3c2oc2c(N(c4ccc(-c5cccc6c5oc5ccccc56)cc4)c4ccc5c(c4)sc4ccccc45)cccc23)cc1. The maximum atomic E-state index is 6.95. The normalized spacial score (nSPS) is 11.8. The van der Waals surface area contributed by atoms with E-state index in [4.69, 9.17) is 8.83 Å². The first-order valence-corrected chi connectivity index (χ1v) is 18.3. The lowest BCUT2D eigenvalue weighted by Gasteiger charge is -2.26. The molecule has 0 fully saturated rings. The molecule has 52 heavy (non-hydrogen) atoms. The molecule has 0 aliphatic carbocycles. The molecule has 0 N–H and O–H groups in total. The average Bonchev–Trinajstić information content (AvgIpc) is 3.90. The maximum absolute atomic E-state index is 6.95. The second-order valence-corrected chi connectivity index (χ2v) is 14.3. The number of nitrogens with zero attached hydrogens (tertiary/aromatic N) is 1. The topological polar surface area (TPSA) is 29.5 Å². The minimum absolute atomic E-state index is 0.855. The van der Waals surface area contributed by atoms with Crippen LogP contribution in [0.25, 0.3) is 86.3 Å². The lowest BCUT2D eigenvalue weighted by atomic mass is 10.0. The van der Waals surface area contributed by atoms with E-state index in [1.54, 1.807) is 0 Å². The molecule has 3 aromatic heterocycles. The van der Waals surface area contributed by atoms with E-state index >= 15 is 0 Å². The fourth-order valence-corrected chi connectivity index (χ4v) is 9.01. The van der Waals surface area contributed by atoms with Gasteiger partial charge in [-0.05, 0) is 53.6 Å². The van der Waals surface area contributed by atoms with Crippen LogP contribution in [0.3, 0.4) is 0 Å². The third-order valence-corrected chi connectivity index (χ3v) is 11.4. The highest BCUT2D eigenvalue weighted by Gasteiger charge is 2.22. The summed E-state index contributed by atoms with van der Waals surface area (Å²) in [5.74, 6) is 0. The zero-order valence-corrected chi connectivity index (χ0v) is 28.7. The van der Waals surface area contributed by atoms with Crippen LogP contribution in [0.5, 0.6) is 0 Å². The highest BCUT2D eigenvalue weighted by atomic mass is 32.1. The molecule has 11 aromatic rings. The first kappa shape index (κ1) is 29.1. The molecule has 0 spiro atoms. The van der Waals surface area contributed by atoms with Gasteiger partial charge in [0.15, 0.2) is 5.58 Å². The van der Waals surface area contributed by atoms with Crippen molar-refractivity contribution >= 4 is 92.4 Å². The number of hydrogen-bond donors (Lipinski definition) is 0. The van der Waals surface area contributed by atoms with E-state index in [0.717, 1.165) is 83.2 Å². The number of anilines is 3. The van der Waals surface area contributed by atoms with E-state index in [1.807, 2.05) is 29.5 Å². The van der Waals surface area contributed by atoms with Crippen LogP contribution in [-0.2, 0) is 0 Å². The van der Waals surface area contributed by atoms with Gasteiger partial charge in [-0.15, -0.1) is 11.3 Å². The van der Waals surface area contributed by atoms with Gasteiger partial charge in [0.1, 0.15) is 16.7 Å². The van der Waals surface area contributed by atoms with Crippen molar-refractivity contribution in [1.29, 1.82) is 0 Å². The molecule has 0 amide bonds. The van der Waals surface area contributed by atoms with Gasteiger partial charge in [-0.3, -0.25) is 0 Å². The Morgan fingerprint density at radius 3 is 1.75 bits per heavy atom. The summed E-state index contributed by atoms with van der Waals surface area (Å²) in [5.41, 5.74) is 11.1. The molecule has 0 saturated heterocycles. The number of para-hydroxylation sites is 4. The van der Waals surface area contributed by atoms with Crippen molar-refractivity contribution in [3.05, 3.63) is 176 Å². The molecule has 0 radical (unpaired) electrons. The Morgan fingerprint density at radius 2 is 0.942 bits per heavy atom. The number of thiophene rings is 1. The molecule has 4 heteroatoms. The molecule has 0 atom stereocenters. The highest BCUT2D eigenvalue weighted by molar-refractivity contribution is 7.25. The summed E-state index contributed by atoms with van der Waals surface area (Å²) in [6.45, 7) is 0. The van der Waals surface area contributed by atoms with Crippen molar-refractivity contribution in [3.8, 4) is 22.3 Å². The molecular weight excluding hydrogens is 655 g/mol. The van der Waals surface area contributed by atoms with E-state index in [0.29, 0.717) is 0 Å². The summed E-state index contributed by atoms with van der Waals surface area (Å²) in [4.78, 5) is 2.34. The summed E-state index contributed by atoms with van der Waals surface area (Å²) >= 11 is 1.83. The molecule has 0 bridgehead atoms. The van der Waals surface area contributed by atoms with Crippen LogP contribution in [-0.4, -0.2) is 0 Å². The Balaban J connectivity index is 1.12. The smallest absolute Gasteiger partial charge is 0.159 e. The first-order valence-electron chi connectivity index (χ1n) is 17.5. The zero-order chi connectivity index (χ0) is 34.2. The Labute approximate surface area is 303 Å². The van der Waals surface area contributed by atoms with Gasteiger partial charge in [0.2, 0.25) is 0 Å². The summed E-state index contributed by atoms with van der Waals surface area (Å²) < 4.78 is 15.9. The van der Waals surface area contributed by atoms with Gasteiger partial charge in [0.25, 0.3) is 0 Å². The van der Waals surface area contributed by atoms with Crippen LogP contribution in [0.2, 0.25) is 0 Å². The molecule has 0 aliphatic rings. The molecule has 0 unspecified atom stereocenters.